The molecule has 0 spiro atoms. The molecule has 1 atom stereocenters. The van der Waals surface area contributed by atoms with Crippen molar-refractivity contribution in [2.24, 2.45) is 0 Å². The van der Waals surface area contributed by atoms with Crippen LogP contribution >= 0.6 is 0 Å². The predicted molar refractivity (Wildman–Crippen MR) is 115 cm³/mol. The minimum atomic E-state index is -0.213. The molecule has 9 heteroatoms. The number of carbonyl (C=O) groups is 2. The first kappa shape index (κ1) is 21.3. The van der Waals surface area contributed by atoms with E-state index in [9.17, 15) is 9.59 Å². The van der Waals surface area contributed by atoms with Gasteiger partial charge in [0.2, 0.25) is 17.7 Å². The van der Waals surface area contributed by atoms with Crippen LogP contribution in [0, 0.1) is 0 Å². The fraction of sp³-hybridized carbons (Fsp3) is 0.591. The zero-order chi connectivity index (χ0) is 21.8. The van der Waals surface area contributed by atoms with E-state index in [-0.39, 0.29) is 23.8 Å². The Morgan fingerprint density at radius 3 is 2.65 bits per heavy atom. The molecule has 2 aliphatic rings. The molecule has 9 nitrogen and oxygen atoms in total. The van der Waals surface area contributed by atoms with Gasteiger partial charge >= 0.3 is 0 Å². The van der Waals surface area contributed by atoms with E-state index in [0.29, 0.717) is 36.1 Å². The van der Waals surface area contributed by atoms with Crippen LogP contribution < -0.4 is 5.32 Å². The summed E-state index contributed by atoms with van der Waals surface area (Å²) < 4.78 is 6.10. The van der Waals surface area contributed by atoms with Crippen LogP contribution in [-0.4, -0.2) is 63.5 Å². The Kier molecular flexibility index (Phi) is 6.48. The largest absolute Gasteiger partial charge is 0.423 e. The lowest BCUT2D eigenvalue weighted by molar-refractivity contribution is -0.131. The van der Waals surface area contributed by atoms with Crippen LogP contribution in [0.2, 0.25) is 0 Å². The summed E-state index contributed by atoms with van der Waals surface area (Å²) in [7, 11) is 1.78. The van der Waals surface area contributed by atoms with Crippen molar-refractivity contribution in [2.75, 3.05) is 32.0 Å². The smallest absolute Gasteiger partial charge is 0.254 e. The lowest BCUT2D eigenvalue weighted by atomic mass is 9.96. The number of carbonyl (C=O) groups excluding carboxylic acids is 2. The number of anilines is 1. The quantitative estimate of drug-likeness (QED) is 0.784. The monoisotopic (exact) mass is 426 g/mol. The first-order chi connectivity index (χ1) is 15.1. The van der Waals surface area contributed by atoms with E-state index in [1.165, 1.54) is 0 Å². The van der Waals surface area contributed by atoms with Gasteiger partial charge in [0.25, 0.3) is 5.91 Å². The number of rotatable bonds is 5. The number of amides is 2. The second-order valence-electron chi connectivity index (χ2n) is 8.18. The normalized spacial score (nSPS) is 20.0. The van der Waals surface area contributed by atoms with Crippen LogP contribution in [0.3, 0.4) is 0 Å². The molecular formula is C22H30N6O3. The second kappa shape index (κ2) is 9.45. The number of pyridine rings is 1. The van der Waals surface area contributed by atoms with Gasteiger partial charge < -0.3 is 19.5 Å². The Morgan fingerprint density at radius 1 is 1.13 bits per heavy atom. The zero-order valence-electron chi connectivity index (χ0n) is 18.2. The van der Waals surface area contributed by atoms with E-state index in [0.717, 1.165) is 45.2 Å². The van der Waals surface area contributed by atoms with Crippen molar-refractivity contribution in [3.8, 4) is 0 Å². The Labute approximate surface area is 182 Å². The molecule has 2 amide bonds. The lowest BCUT2D eigenvalue weighted by Gasteiger charge is -2.33. The number of nitrogens with zero attached hydrogens (tertiary/aromatic N) is 5. The number of piperidine rings is 2. The molecule has 2 saturated heterocycles. The Bertz CT molecular complexity index is 921. The average molecular weight is 427 g/mol. The molecule has 0 bridgehead atoms. The summed E-state index contributed by atoms with van der Waals surface area (Å²) in [5.41, 5.74) is 0.596. The number of nitrogens with one attached hydrogen (secondary N) is 1. The molecule has 2 fully saturated rings. The highest BCUT2D eigenvalue weighted by Crippen LogP contribution is 2.34. The molecule has 2 aromatic heterocycles. The fourth-order valence-corrected chi connectivity index (χ4v) is 4.44. The molecule has 2 aromatic rings. The van der Waals surface area contributed by atoms with Crippen molar-refractivity contribution in [3.05, 3.63) is 35.7 Å². The predicted octanol–water partition coefficient (Wildman–Crippen LogP) is 2.99. The number of hydrogen-bond acceptors (Lipinski definition) is 7. The maximum atomic E-state index is 13.2. The van der Waals surface area contributed by atoms with Crippen LogP contribution in [0.15, 0.2) is 22.7 Å². The summed E-state index contributed by atoms with van der Waals surface area (Å²) in [5, 5.41) is 11.6. The average Bonchev–Trinajstić information content (AvgIpc) is 3.33. The van der Waals surface area contributed by atoms with Gasteiger partial charge in [0, 0.05) is 50.8 Å². The molecule has 31 heavy (non-hydrogen) atoms. The Morgan fingerprint density at radius 2 is 1.90 bits per heavy atom. The number of hydrogen-bond donors (Lipinski definition) is 1. The zero-order valence-corrected chi connectivity index (χ0v) is 18.2. The Balaban J connectivity index is 1.47. The summed E-state index contributed by atoms with van der Waals surface area (Å²) >= 11 is 0. The van der Waals surface area contributed by atoms with Crippen LogP contribution in [0.25, 0.3) is 0 Å². The summed E-state index contributed by atoms with van der Waals surface area (Å²) in [6.07, 6.45) is 6.60. The highest BCUT2D eigenvalue weighted by atomic mass is 16.4. The van der Waals surface area contributed by atoms with E-state index >= 15 is 0 Å². The van der Waals surface area contributed by atoms with Crippen molar-refractivity contribution in [1.82, 2.24) is 25.0 Å². The lowest BCUT2D eigenvalue weighted by Crippen LogP contribution is -2.38. The van der Waals surface area contributed by atoms with E-state index in [1.807, 2.05) is 16.7 Å². The van der Waals surface area contributed by atoms with Crippen molar-refractivity contribution >= 4 is 17.6 Å². The molecule has 0 unspecified atom stereocenters. The molecule has 2 aliphatic heterocycles. The maximum Gasteiger partial charge on any atom is 0.254 e. The summed E-state index contributed by atoms with van der Waals surface area (Å²) in [6.45, 7) is 4.00. The first-order valence-electron chi connectivity index (χ1n) is 11.2. The molecule has 4 heterocycles. The van der Waals surface area contributed by atoms with E-state index in [2.05, 4.69) is 20.5 Å². The van der Waals surface area contributed by atoms with Crippen molar-refractivity contribution in [1.29, 1.82) is 0 Å². The second-order valence-corrected chi connectivity index (χ2v) is 8.18. The Hall–Kier alpha value is -2.97. The standard InChI is InChI=1S/C22H30N6O3/c1-3-19(29)27-12-8-15(9-13-27)20-25-26-21(31-20)17-6-4-5-11-28(17)22(30)16-7-10-24-18(14-16)23-2/h7,10,14-15,17H,3-6,8-9,11-13H2,1-2H3,(H,23,24)/t17-/m0/s1. The molecule has 4 rings (SSSR count). The number of likely N-dealkylation sites (tertiary alicyclic amines) is 2. The van der Waals surface area contributed by atoms with Crippen LogP contribution in [-0.2, 0) is 4.79 Å². The molecule has 166 valence electrons. The third-order valence-electron chi connectivity index (χ3n) is 6.27. The molecule has 0 aromatic carbocycles. The van der Waals surface area contributed by atoms with Crippen LogP contribution in [0.4, 0.5) is 5.82 Å². The van der Waals surface area contributed by atoms with Gasteiger partial charge in [-0.15, -0.1) is 10.2 Å². The van der Waals surface area contributed by atoms with Gasteiger partial charge in [-0.2, -0.15) is 0 Å². The van der Waals surface area contributed by atoms with Gasteiger partial charge in [-0.1, -0.05) is 6.92 Å². The van der Waals surface area contributed by atoms with E-state index in [1.54, 1.807) is 25.4 Å². The van der Waals surface area contributed by atoms with Gasteiger partial charge in [-0.3, -0.25) is 9.59 Å². The maximum absolute atomic E-state index is 13.2. The molecule has 1 N–H and O–H groups in total. The topological polar surface area (TPSA) is 104 Å². The fourth-order valence-electron chi connectivity index (χ4n) is 4.44. The summed E-state index contributed by atoms with van der Waals surface area (Å²) in [5.74, 6) is 2.10. The van der Waals surface area contributed by atoms with Gasteiger partial charge in [-0.25, -0.2) is 4.98 Å². The van der Waals surface area contributed by atoms with E-state index in [4.69, 9.17) is 4.42 Å². The van der Waals surface area contributed by atoms with Gasteiger partial charge in [0.05, 0.1) is 0 Å². The first-order valence-corrected chi connectivity index (χ1v) is 11.2. The van der Waals surface area contributed by atoms with Crippen molar-refractivity contribution < 1.29 is 14.0 Å². The minimum absolute atomic E-state index is 0.0465. The third kappa shape index (κ3) is 4.55. The third-order valence-corrected chi connectivity index (χ3v) is 6.27. The SMILES string of the molecule is CCC(=O)N1CCC(c2nnc([C@@H]3CCCCN3C(=O)c3ccnc(NC)c3)o2)CC1. The molecule has 0 radical (unpaired) electrons. The highest BCUT2D eigenvalue weighted by molar-refractivity contribution is 5.95. The molecule has 0 aliphatic carbocycles. The van der Waals surface area contributed by atoms with Crippen LogP contribution in [0.5, 0.6) is 0 Å². The summed E-state index contributed by atoms with van der Waals surface area (Å²) in [6, 6.07) is 3.29. The van der Waals surface area contributed by atoms with Gasteiger partial charge in [0.15, 0.2) is 0 Å². The van der Waals surface area contributed by atoms with Gasteiger partial charge in [-0.05, 0) is 44.2 Å². The highest BCUT2D eigenvalue weighted by Gasteiger charge is 2.34. The van der Waals surface area contributed by atoms with Gasteiger partial charge in [0.1, 0.15) is 11.9 Å². The molecule has 0 saturated carbocycles. The minimum Gasteiger partial charge on any atom is -0.423 e. The summed E-state index contributed by atoms with van der Waals surface area (Å²) in [4.78, 5) is 33.1. The van der Waals surface area contributed by atoms with Crippen LogP contribution in [0.1, 0.15) is 79.5 Å². The van der Waals surface area contributed by atoms with Crippen molar-refractivity contribution in [2.45, 2.75) is 57.4 Å². The van der Waals surface area contributed by atoms with E-state index < -0.39 is 0 Å². The molecular weight excluding hydrogens is 396 g/mol. The number of aromatic nitrogens is 3. The van der Waals surface area contributed by atoms with Crippen molar-refractivity contribution in [3.63, 3.8) is 0 Å².